The Balaban J connectivity index is 2.17. The summed E-state index contributed by atoms with van der Waals surface area (Å²) in [5.41, 5.74) is 0.733. The molecule has 1 aromatic rings. The Morgan fingerprint density at radius 2 is 1.90 bits per heavy atom. The van der Waals surface area contributed by atoms with E-state index in [9.17, 15) is 13.5 Å². The van der Waals surface area contributed by atoms with Gasteiger partial charge in [0.1, 0.15) is 0 Å². The Morgan fingerprint density at radius 3 is 2.48 bits per heavy atom. The van der Waals surface area contributed by atoms with Gasteiger partial charge in [-0.25, -0.2) is 0 Å². The fraction of sp³-hybridized carbons (Fsp3) is 0.667. The Bertz CT molecular complexity index is 754. The van der Waals surface area contributed by atoms with Crippen LogP contribution in [0, 0.1) is 30.1 Å². The second-order valence-corrected chi connectivity index (χ2v) is 11.0. The molecule has 0 spiro atoms. The van der Waals surface area contributed by atoms with Gasteiger partial charge in [-0.1, -0.05) is 57.4 Å². The fourth-order valence-electron chi connectivity index (χ4n) is 4.76. The lowest BCUT2D eigenvalue weighted by Gasteiger charge is -2.38. The zero-order valence-corrected chi connectivity index (χ0v) is 19.2. The van der Waals surface area contributed by atoms with E-state index in [1.165, 1.54) is 0 Å². The molecule has 1 aromatic carbocycles. The second kappa shape index (κ2) is 10.2. The molecule has 1 aliphatic rings. The predicted molar refractivity (Wildman–Crippen MR) is 118 cm³/mol. The van der Waals surface area contributed by atoms with Gasteiger partial charge in [-0.3, -0.25) is 4.18 Å². The molecule has 0 aliphatic heterocycles. The summed E-state index contributed by atoms with van der Waals surface area (Å²) >= 11 is 0. The van der Waals surface area contributed by atoms with Crippen molar-refractivity contribution in [3.8, 4) is 0 Å². The molecule has 164 valence electrons. The van der Waals surface area contributed by atoms with Crippen molar-refractivity contribution in [1.29, 1.82) is 0 Å². The van der Waals surface area contributed by atoms with Gasteiger partial charge in [0.25, 0.3) is 10.1 Å². The van der Waals surface area contributed by atoms with Crippen LogP contribution >= 0.6 is 0 Å². The van der Waals surface area contributed by atoms with E-state index in [-0.39, 0.29) is 34.9 Å². The normalized spacial score (nSPS) is 26.0. The summed E-state index contributed by atoms with van der Waals surface area (Å²) in [6.45, 7) is 12.5. The lowest BCUT2D eigenvalue weighted by atomic mass is 9.69. The first-order chi connectivity index (χ1) is 13.6. The minimum Gasteiger partial charge on any atom is -0.393 e. The van der Waals surface area contributed by atoms with Crippen molar-refractivity contribution in [2.45, 2.75) is 77.2 Å². The van der Waals surface area contributed by atoms with Gasteiger partial charge in [0, 0.05) is 5.41 Å². The Labute approximate surface area is 177 Å². The van der Waals surface area contributed by atoms with Crippen molar-refractivity contribution in [1.82, 2.24) is 0 Å². The van der Waals surface area contributed by atoms with Gasteiger partial charge in [0.15, 0.2) is 0 Å². The predicted octanol–water partition coefficient (Wildman–Crippen LogP) is 5.50. The van der Waals surface area contributed by atoms with E-state index in [4.69, 9.17) is 4.18 Å². The van der Waals surface area contributed by atoms with Crippen LogP contribution in [0.5, 0.6) is 0 Å². The van der Waals surface area contributed by atoms with Gasteiger partial charge in [-0.05, 0) is 62.5 Å². The molecule has 5 heteroatoms. The van der Waals surface area contributed by atoms with Crippen LogP contribution in [0.3, 0.4) is 0 Å². The van der Waals surface area contributed by atoms with Crippen LogP contribution in [0.25, 0.3) is 0 Å². The number of benzene rings is 1. The summed E-state index contributed by atoms with van der Waals surface area (Å²) in [4.78, 5) is 0.198. The van der Waals surface area contributed by atoms with E-state index in [0.29, 0.717) is 5.92 Å². The molecule has 4 nitrogen and oxygen atoms in total. The highest BCUT2D eigenvalue weighted by Gasteiger charge is 2.48. The quantitative estimate of drug-likeness (QED) is 0.378. The number of hydrogen-bond acceptors (Lipinski definition) is 4. The molecule has 1 aliphatic carbocycles. The average Bonchev–Trinajstić information content (AvgIpc) is 2.93. The number of allylic oxidation sites excluding steroid dienone is 1. The van der Waals surface area contributed by atoms with Gasteiger partial charge >= 0.3 is 0 Å². The third kappa shape index (κ3) is 6.16. The Kier molecular flexibility index (Phi) is 8.50. The van der Waals surface area contributed by atoms with Gasteiger partial charge in [-0.2, -0.15) is 8.42 Å². The van der Waals surface area contributed by atoms with Crippen molar-refractivity contribution < 1.29 is 17.7 Å². The second-order valence-electron chi connectivity index (χ2n) is 9.33. The highest BCUT2D eigenvalue weighted by molar-refractivity contribution is 7.86. The van der Waals surface area contributed by atoms with E-state index in [1.807, 2.05) is 13.0 Å². The minimum absolute atomic E-state index is 0.0936. The molecule has 0 amide bonds. The molecule has 0 saturated heterocycles. The third-order valence-corrected chi connectivity index (χ3v) is 7.91. The van der Waals surface area contributed by atoms with Crippen LogP contribution < -0.4 is 0 Å². The van der Waals surface area contributed by atoms with Gasteiger partial charge in [-0.15, -0.1) is 6.58 Å². The summed E-state index contributed by atoms with van der Waals surface area (Å²) < 4.78 is 31.0. The molecule has 4 atom stereocenters. The van der Waals surface area contributed by atoms with Gasteiger partial charge < -0.3 is 5.11 Å². The van der Waals surface area contributed by atoms with Crippen molar-refractivity contribution in [2.24, 2.45) is 23.2 Å². The molecular weight excluding hydrogens is 384 g/mol. The average molecular weight is 423 g/mol. The molecule has 1 saturated carbocycles. The molecule has 1 N–H and O–H groups in total. The smallest absolute Gasteiger partial charge is 0.296 e. The topological polar surface area (TPSA) is 63.6 Å². The molecular formula is C24H38O4S. The van der Waals surface area contributed by atoms with E-state index in [2.05, 4.69) is 27.4 Å². The molecule has 0 unspecified atom stereocenters. The summed E-state index contributed by atoms with van der Waals surface area (Å²) in [6, 6.07) is 6.76. The summed E-state index contributed by atoms with van der Waals surface area (Å²) in [7, 11) is -3.79. The maximum atomic E-state index is 12.7. The van der Waals surface area contributed by atoms with Crippen LogP contribution in [0.1, 0.15) is 64.9 Å². The minimum atomic E-state index is -3.79. The molecule has 2 rings (SSSR count). The largest absolute Gasteiger partial charge is 0.393 e. The van der Waals surface area contributed by atoms with Crippen molar-refractivity contribution >= 4 is 10.1 Å². The summed E-state index contributed by atoms with van der Waals surface area (Å²) in [5.74, 6) is 0.925. The molecule has 0 bridgehead atoms. The SMILES string of the molecule is C=CC[C@]1(C)[C@@H]([C@@H](CCCC(C)C)COS(=O)(=O)c2ccc(C)cc2)CC[C@@H]1O. The first-order valence-corrected chi connectivity index (χ1v) is 12.3. The molecule has 0 radical (unpaired) electrons. The van der Waals surface area contributed by atoms with Crippen LogP contribution in [0.15, 0.2) is 41.8 Å². The van der Waals surface area contributed by atoms with E-state index >= 15 is 0 Å². The number of rotatable bonds is 11. The van der Waals surface area contributed by atoms with Crippen LogP contribution in [-0.2, 0) is 14.3 Å². The van der Waals surface area contributed by atoms with Crippen molar-refractivity contribution in [2.75, 3.05) is 6.61 Å². The number of aliphatic hydroxyl groups excluding tert-OH is 1. The van der Waals surface area contributed by atoms with Crippen LogP contribution in [0.4, 0.5) is 0 Å². The fourth-order valence-corrected chi connectivity index (χ4v) is 5.71. The van der Waals surface area contributed by atoms with E-state index in [0.717, 1.165) is 44.1 Å². The van der Waals surface area contributed by atoms with Gasteiger partial charge in [0.05, 0.1) is 17.6 Å². The number of aliphatic hydroxyl groups is 1. The molecule has 1 fully saturated rings. The molecule has 0 heterocycles. The lowest BCUT2D eigenvalue weighted by Crippen LogP contribution is -2.37. The summed E-state index contributed by atoms with van der Waals surface area (Å²) in [6.07, 6.45) is 6.91. The van der Waals surface area contributed by atoms with Crippen molar-refractivity contribution in [3.05, 3.63) is 42.5 Å². The monoisotopic (exact) mass is 422 g/mol. The van der Waals surface area contributed by atoms with Gasteiger partial charge in [0.2, 0.25) is 0 Å². The lowest BCUT2D eigenvalue weighted by molar-refractivity contribution is 0.0122. The number of aryl methyl sites for hydroxylation is 1. The van der Waals surface area contributed by atoms with Crippen molar-refractivity contribution in [3.63, 3.8) is 0 Å². The van der Waals surface area contributed by atoms with Crippen LogP contribution in [0.2, 0.25) is 0 Å². The zero-order chi connectivity index (χ0) is 21.7. The molecule has 0 aromatic heterocycles. The summed E-state index contributed by atoms with van der Waals surface area (Å²) in [5, 5.41) is 10.6. The Morgan fingerprint density at radius 1 is 1.24 bits per heavy atom. The zero-order valence-electron chi connectivity index (χ0n) is 18.4. The van der Waals surface area contributed by atoms with Crippen LogP contribution in [-0.4, -0.2) is 26.2 Å². The maximum Gasteiger partial charge on any atom is 0.296 e. The highest BCUT2D eigenvalue weighted by Crippen LogP contribution is 2.50. The van der Waals surface area contributed by atoms with E-state index < -0.39 is 10.1 Å². The third-order valence-electron chi connectivity index (χ3n) is 6.62. The van der Waals surface area contributed by atoms with E-state index in [1.54, 1.807) is 24.3 Å². The Hall–Kier alpha value is -1.17. The molecule has 29 heavy (non-hydrogen) atoms. The first-order valence-electron chi connectivity index (χ1n) is 10.8. The standard InChI is InChI=1S/C24H38O4S/c1-6-16-24(5)22(14-15-23(24)25)20(9-7-8-18(2)3)17-28-29(26,27)21-12-10-19(4)11-13-21/h6,10-13,18,20,22-23,25H,1,7-9,14-17H2,2-5H3/t20-,22+,23-,24+/m0/s1. The number of hydrogen-bond donors (Lipinski definition) is 1. The first kappa shape index (κ1) is 24.1. The highest BCUT2D eigenvalue weighted by atomic mass is 32.2. The maximum absolute atomic E-state index is 12.7.